The van der Waals surface area contributed by atoms with Gasteiger partial charge in [-0.05, 0) is 27.7 Å². The van der Waals surface area contributed by atoms with Crippen molar-refractivity contribution in [3.63, 3.8) is 0 Å². The SMILES string of the molecule is CCN(CC)C(=S)SCC(=O)Nc1ccnn1C(C)C. The lowest BCUT2D eigenvalue weighted by Crippen LogP contribution is -2.28. The Morgan fingerprint density at radius 3 is 2.70 bits per heavy atom. The van der Waals surface area contributed by atoms with Gasteiger partial charge in [-0.25, -0.2) is 4.68 Å². The number of carbonyl (C=O) groups is 1. The van der Waals surface area contributed by atoms with Crippen molar-refractivity contribution in [2.75, 3.05) is 24.2 Å². The summed E-state index contributed by atoms with van der Waals surface area (Å²) in [5, 5.41) is 7.04. The Labute approximate surface area is 130 Å². The van der Waals surface area contributed by atoms with Crippen LogP contribution in [0.15, 0.2) is 12.3 Å². The molecule has 0 spiro atoms. The summed E-state index contributed by atoms with van der Waals surface area (Å²) in [5.41, 5.74) is 0. The van der Waals surface area contributed by atoms with E-state index in [1.165, 1.54) is 11.8 Å². The van der Waals surface area contributed by atoms with E-state index in [0.29, 0.717) is 5.75 Å². The van der Waals surface area contributed by atoms with Gasteiger partial charge in [0.15, 0.2) is 0 Å². The first kappa shape index (κ1) is 17.0. The molecule has 0 aliphatic rings. The molecular formula is C13H22N4OS2. The number of hydrogen-bond donors (Lipinski definition) is 1. The average Bonchev–Trinajstić information content (AvgIpc) is 2.86. The van der Waals surface area contributed by atoms with Crippen molar-refractivity contribution >= 4 is 40.0 Å². The van der Waals surface area contributed by atoms with E-state index < -0.39 is 0 Å². The molecule has 0 aliphatic carbocycles. The van der Waals surface area contributed by atoms with E-state index in [2.05, 4.69) is 29.2 Å². The van der Waals surface area contributed by atoms with Gasteiger partial charge in [-0.2, -0.15) is 5.10 Å². The van der Waals surface area contributed by atoms with E-state index in [9.17, 15) is 4.79 Å². The van der Waals surface area contributed by atoms with E-state index in [4.69, 9.17) is 12.2 Å². The van der Waals surface area contributed by atoms with Crippen LogP contribution >= 0.6 is 24.0 Å². The van der Waals surface area contributed by atoms with E-state index in [-0.39, 0.29) is 11.9 Å². The van der Waals surface area contributed by atoms with Gasteiger partial charge in [0.25, 0.3) is 0 Å². The van der Waals surface area contributed by atoms with Crippen molar-refractivity contribution < 1.29 is 4.79 Å². The van der Waals surface area contributed by atoms with Crippen LogP contribution in [-0.4, -0.2) is 43.8 Å². The minimum absolute atomic E-state index is 0.0630. The minimum Gasteiger partial charge on any atom is -0.358 e. The maximum absolute atomic E-state index is 11.9. The van der Waals surface area contributed by atoms with Crippen LogP contribution in [0.25, 0.3) is 0 Å². The molecule has 1 aromatic rings. The van der Waals surface area contributed by atoms with Crippen molar-refractivity contribution in [2.24, 2.45) is 0 Å². The molecule has 1 rings (SSSR count). The van der Waals surface area contributed by atoms with Gasteiger partial charge in [-0.3, -0.25) is 4.79 Å². The molecule has 1 aromatic heterocycles. The Hall–Kier alpha value is -1.08. The summed E-state index contributed by atoms with van der Waals surface area (Å²) in [5.74, 6) is 0.977. The summed E-state index contributed by atoms with van der Waals surface area (Å²) in [6.07, 6.45) is 1.68. The summed E-state index contributed by atoms with van der Waals surface area (Å²) in [7, 11) is 0. The van der Waals surface area contributed by atoms with Crippen LogP contribution in [0, 0.1) is 0 Å². The van der Waals surface area contributed by atoms with Crippen molar-refractivity contribution in [2.45, 2.75) is 33.7 Å². The molecular weight excluding hydrogens is 292 g/mol. The topological polar surface area (TPSA) is 50.2 Å². The number of nitrogens with one attached hydrogen (secondary N) is 1. The van der Waals surface area contributed by atoms with Crippen LogP contribution in [0.3, 0.4) is 0 Å². The summed E-state index contributed by atoms with van der Waals surface area (Å²) in [6, 6.07) is 2.01. The average molecular weight is 314 g/mol. The quantitative estimate of drug-likeness (QED) is 0.818. The third-order valence-corrected chi connectivity index (χ3v) is 4.30. The molecule has 0 aromatic carbocycles. The van der Waals surface area contributed by atoms with Crippen LogP contribution in [-0.2, 0) is 4.79 Å². The Morgan fingerprint density at radius 2 is 2.15 bits per heavy atom. The fourth-order valence-corrected chi connectivity index (χ4v) is 2.91. The number of carbonyl (C=O) groups excluding carboxylic acids is 1. The number of aromatic nitrogens is 2. The first-order valence-corrected chi connectivity index (χ1v) is 8.14. The second-order valence-electron chi connectivity index (χ2n) is 4.53. The fraction of sp³-hybridized carbons (Fsp3) is 0.615. The van der Waals surface area contributed by atoms with Gasteiger partial charge < -0.3 is 10.2 Å². The maximum Gasteiger partial charge on any atom is 0.235 e. The number of hydrogen-bond acceptors (Lipinski definition) is 4. The van der Waals surface area contributed by atoms with Crippen LogP contribution in [0.5, 0.6) is 0 Å². The first-order valence-electron chi connectivity index (χ1n) is 6.74. The molecule has 112 valence electrons. The molecule has 1 amide bonds. The lowest BCUT2D eigenvalue weighted by Gasteiger charge is -2.20. The highest BCUT2D eigenvalue weighted by Gasteiger charge is 2.12. The number of anilines is 1. The second-order valence-corrected chi connectivity index (χ2v) is 6.14. The second kappa shape index (κ2) is 8.26. The third kappa shape index (κ3) is 4.79. The molecule has 20 heavy (non-hydrogen) atoms. The number of rotatable bonds is 6. The molecule has 0 unspecified atom stereocenters. The smallest absolute Gasteiger partial charge is 0.235 e. The predicted octanol–water partition coefficient (Wildman–Crippen LogP) is 2.76. The van der Waals surface area contributed by atoms with Gasteiger partial charge in [0, 0.05) is 25.2 Å². The van der Waals surface area contributed by atoms with Gasteiger partial charge in [0.2, 0.25) is 5.91 Å². The van der Waals surface area contributed by atoms with Crippen molar-refractivity contribution in [3.8, 4) is 0 Å². The Bertz CT molecular complexity index is 455. The number of nitrogens with zero attached hydrogens (tertiary/aromatic N) is 3. The van der Waals surface area contributed by atoms with E-state index in [0.717, 1.165) is 23.2 Å². The van der Waals surface area contributed by atoms with Gasteiger partial charge >= 0.3 is 0 Å². The molecule has 0 radical (unpaired) electrons. The van der Waals surface area contributed by atoms with E-state index in [1.54, 1.807) is 16.9 Å². The molecule has 1 N–H and O–H groups in total. The highest BCUT2D eigenvalue weighted by molar-refractivity contribution is 8.23. The Kier molecular flexibility index (Phi) is 7.01. The molecule has 0 aliphatic heterocycles. The van der Waals surface area contributed by atoms with Crippen LogP contribution in [0.2, 0.25) is 0 Å². The molecule has 0 atom stereocenters. The Balaban J connectivity index is 2.48. The minimum atomic E-state index is -0.0630. The van der Waals surface area contributed by atoms with Crippen molar-refractivity contribution in [1.82, 2.24) is 14.7 Å². The molecule has 0 bridgehead atoms. The molecule has 5 nitrogen and oxygen atoms in total. The van der Waals surface area contributed by atoms with Gasteiger partial charge in [-0.15, -0.1) is 0 Å². The van der Waals surface area contributed by atoms with Crippen molar-refractivity contribution in [3.05, 3.63) is 12.3 Å². The van der Waals surface area contributed by atoms with E-state index in [1.807, 2.05) is 13.8 Å². The third-order valence-electron chi connectivity index (χ3n) is 2.78. The zero-order valence-electron chi connectivity index (χ0n) is 12.4. The highest BCUT2D eigenvalue weighted by atomic mass is 32.2. The summed E-state index contributed by atoms with van der Waals surface area (Å²) < 4.78 is 2.55. The molecule has 0 saturated heterocycles. The van der Waals surface area contributed by atoms with Gasteiger partial charge in [0.05, 0.1) is 11.9 Å². The highest BCUT2D eigenvalue weighted by Crippen LogP contribution is 2.14. The van der Waals surface area contributed by atoms with Gasteiger partial charge in [-0.1, -0.05) is 24.0 Å². The number of amides is 1. The van der Waals surface area contributed by atoms with Crippen LogP contribution in [0.1, 0.15) is 33.7 Å². The van der Waals surface area contributed by atoms with Crippen LogP contribution < -0.4 is 5.32 Å². The number of thiocarbonyl (C=S) groups is 1. The largest absolute Gasteiger partial charge is 0.358 e. The summed E-state index contributed by atoms with van der Waals surface area (Å²) in [4.78, 5) is 14.0. The number of thioether (sulfide) groups is 1. The summed E-state index contributed by atoms with van der Waals surface area (Å²) >= 11 is 6.69. The fourth-order valence-electron chi connectivity index (χ4n) is 1.70. The van der Waals surface area contributed by atoms with Crippen LogP contribution in [0.4, 0.5) is 5.82 Å². The zero-order chi connectivity index (χ0) is 15.1. The molecule has 7 heteroatoms. The maximum atomic E-state index is 11.9. The summed E-state index contributed by atoms with van der Waals surface area (Å²) in [6.45, 7) is 9.88. The lowest BCUT2D eigenvalue weighted by atomic mass is 10.4. The van der Waals surface area contributed by atoms with Crippen molar-refractivity contribution in [1.29, 1.82) is 0 Å². The molecule has 0 saturated carbocycles. The molecule has 0 fully saturated rings. The predicted molar refractivity (Wildman–Crippen MR) is 89.2 cm³/mol. The monoisotopic (exact) mass is 314 g/mol. The zero-order valence-corrected chi connectivity index (χ0v) is 14.1. The Morgan fingerprint density at radius 1 is 1.50 bits per heavy atom. The normalized spacial score (nSPS) is 10.7. The lowest BCUT2D eigenvalue weighted by molar-refractivity contribution is -0.113. The van der Waals surface area contributed by atoms with Gasteiger partial charge in [0.1, 0.15) is 10.1 Å². The van der Waals surface area contributed by atoms with E-state index >= 15 is 0 Å². The first-order chi connectivity index (χ1) is 9.49. The standard InChI is InChI=1S/C13H22N4OS2/c1-5-16(6-2)13(19)20-9-12(18)15-11-7-8-14-17(11)10(3)4/h7-8,10H,5-6,9H2,1-4H3,(H,15,18). The molecule has 1 heterocycles.